The molecule has 0 aliphatic carbocycles. The van der Waals surface area contributed by atoms with Gasteiger partial charge >= 0.3 is 7.82 Å². The van der Waals surface area contributed by atoms with Crippen LogP contribution in [0.15, 0.2) is 64.8 Å². The summed E-state index contributed by atoms with van der Waals surface area (Å²) < 4.78 is 82.0. The quantitative estimate of drug-likeness (QED) is 0.0329. The second-order valence-corrected chi connectivity index (χ2v) is 13.2. The Kier molecular flexibility index (Phi) is 25.2. The predicted octanol–water partition coefficient (Wildman–Crippen LogP) is 4.49. The minimum atomic E-state index is -4.94. The Morgan fingerprint density at radius 2 is 1.14 bits per heavy atom. The molecule has 1 saturated heterocycles. The smallest absolute Gasteiger partial charge is 0.462 e. The molecule has 21 nitrogen and oxygen atoms in total. The molecule has 2 aromatic carbocycles. The van der Waals surface area contributed by atoms with Gasteiger partial charge in [-0.05, 0) is 35.3 Å². The third-order valence-electron chi connectivity index (χ3n) is 7.43. The van der Waals surface area contributed by atoms with Gasteiger partial charge in [-0.15, -0.1) is 0 Å². The van der Waals surface area contributed by atoms with Crippen LogP contribution in [-0.2, 0) is 51.7 Å². The number of halogens is 1. The lowest BCUT2D eigenvalue weighted by Gasteiger charge is -2.45. The molecule has 1 unspecified atom stereocenters. The number of benzene rings is 2. The monoisotopic (exact) mass is 848 g/mol. The van der Waals surface area contributed by atoms with E-state index in [2.05, 4.69) is 20.1 Å². The molecule has 0 bridgehead atoms. The van der Waals surface area contributed by atoms with E-state index in [4.69, 9.17) is 79.1 Å². The molecule has 318 valence electrons. The Labute approximate surface area is 335 Å². The first-order valence-electron chi connectivity index (χ1n) is 18.0. The molecule has 2 aromatic rings. The van der Waals surface area contributed by atoms with Gasteiger partial charge in [0.15, 0.2) is 0 Å². The van der Waals surface area contributed by atoms with Gasteiger partial charge in [0.2, 0.25) is 6.29 Å². The van der Waals surface area contributed by atoms with Crippen molar-refractivity contribution in [1.82, 2.24) is 0 Å². The Morgan fingerprint density at radius 1 is 0.667 bits per heavy atom. The number of para-hydroxylation sites is 2. The molecule has 6 atom stereocenters. The summed E-state index contributed by atoms with van der Waals surface area (Å²) in [6.07, 6.45) is -6.17. The maximum atomic E-state index is 13.4. The predicted molar refractivity (Wildman–Crippen MR) is 202 cm³/mol. The molecule has 23 heteroatoms. The summed E-state index contributed by atoms with van der Waals surface area (Å²) in [6, 6.07) is 14.8. The second kappa shape index (κ2) is 29.8. The van der Waals surface area contributed by atoms with Crippen molar-refractivity contribution >= 4 is 19.4 Å². The van der Waals surface area contributed by atoms with Crippen LogP contribution in [0.25, 0.3) is 20.9 Å². The van der Waals surface area contributed by atoms with E-state index in [0.717, 1.165) is 0 Å². The highest BCUT2D eigenvalue weighted by molar-refractivity contribution is 7.47. The maximum absolute atomic E-state index is 13.4. The summed E-state index contributed by atoms with van der Waals surface area (Å²) in [5, 5.41) is 17.3. The van der Waals surface area contributed by atoms with Crippen molar-refractivity contribution < 1.29 is 71.0 Å². The lowest BCUT2D eigenvalue weighted by atomic mass is 9.98. The zero-order valence-corrected chi connectivity index (χ0v) is 33.0. The van der Waals surface area contributed by atoms with Gasteiger partial charge in [0.05, 0.1) is 104 Å². The fourth-order valence-corrected chi connectivity index (χ4v) is 6.18. The molecule has 1 aliphatic heterocycles. The average molecular weight is 849 g/mol. The van der Waals surface area contributed by atoms with Crippen molar-refractivity contribution in [3.63, 3.8) is 0 Å². The molecule has 0 amide bonds. The van der Waals surface area contributed by atoms with Gasteiger partial charge in [0.25, 0.3) is 0 Å². The van der Waals surface area contributed by atoms with Gasteiger partial charge < -0.3 is 57.0 Å². The fraction of sp³-hybridized carbons (Fsp3) is 0.647. The molecule has 2 N–H and O–H groups in total. The third kappa shape index (κ3) is 20.3. The van der Waals surface area contributed by atoms with Gasteiger partial charge in [-0.25, -0.2) is 4.57 Å². The highest BCUT2D eigenvalue weighted by Crippen LogP contribution is 2.49. The van der Waals surface area contributed by atoms with Crippen molar-refractivity contribution in [3.8, 4) is 11.5 Å². The third-order valence-corrected chi connectivity index (χ3v) is 8.68. The Morgan fingerprint density at radius 3 is 1.65 bits per heavy atom. The van der Waals surface area contributed by atoms with E-state index in [1.165, 1.54) is 12.1 Å². The van der Waals surface area contributed by atoms with E-state index in [9.17, 15) is 14.6 Å². The number of rotatable bonds is 33. The number of azide groups is 2. The molecule has 0 aromatic heterocycles. The summed E-state index contributed by atoms with van der Waals surface area (Å²) in [4.78, 5) is 16.2. The molecule has 0 radical (unpaired) electrons. The standard InChI is InChI=1S/C34H50ClN6O15P/c35-28-8-4-5-9-29(28)55-57(43,44)56-31-30(26-42)54-34(53-27-6-2-1-3-7-27)33(52-25-23-50-21-19-48-17-15-46-13-11-39-41-37)32(31)51-24-22-49-20-18-47-16-14-45-12-10-38-40-36/h1-9,30-34,42H,10-26H2,(H,43,44)/t30-,31-,32+,33-,34-/m1/s1. The first kappa shape index (κ1) is 48.1. The van der Waals surface area contributed by atoms with Crippen LogP contribution < -0.4 is 9.26 Å². The van der Waals surface area contributed by atoms with Crippen molar-refractivity contribution in [2.45, 2.75) is 30.7 Å². The topological polar surface area (TPSA) is 266 Å². The fourth-order valence-electron chi connectivity index (χ4n) is 4.94. The maximum Gasteiger partial charge on any atom is 0.527 e. The van der Waals surface area contributed by atoms with Crippen molar-refractivity contribution in [3.05, 3.63) is 80.5 Å². The average Bonchev–Trinajstić information content (AvgIpc) is 3.20. The van der Waals surface area contributed by atoms with E-state index in [1.807, 2.05) is 0 Å². The van der Waals surface area contributed by atoms with Crippen LogP contribution in [0.2, 0.25) is 5.02 Å². The molecular formula is C34H50ClN6O15P. The first-order chi connectivity index (χ1) is 27.9. The summed E-state index contributed by atoms with van der Waals surface area (Å²) in [5.41, 5.74) is 16.6. The highest BCUT2D eigenvalue weighted by Gasteiger charge is 2.52. The summed E-state index contributed by atoms with van der Waals surface area (Å²) in [7, 11) is -4.94. The van der Waals surface area contributed by atoms with E-state index < -0.39 is 45.1 Å². The lowest BCUT2D eigenvalue weighted by Crippen LogP contribution is -2.62. The first-order valence-corrected chi connectivity index (χ1v) is 19.9. The number of nitrogens with zero attached hydrogens (tertiary/aromatic N) is 6. The van der Waals surface area contributed by atoms with E-state index >= 15 is 0 Å². The number of hydrogen-bond acceptors (Lipinski definition) is 16. The second-order valence-electron chi connectivity index (χ2n) is 11.5. The van der Waals surface area contributed by atoms with Crippen molar-refractivity contribution in [2.24, 2.45) is 10.2 Å². The molecule has 1 heterocycles. The van der Waals surface area contributed by atoms with Crippen LogP contribution in [0.4, 0.5) is 0 Å². The molecular weight excluding hydrogens is 799 g/mol. The number of ether oxygens (including phenoxy) is 10. The van der Waals surface area contributed by atoms with Gasteiger partial charge in [0, 0.05) is 22.9 Å². The highest BCUT2D eigenvalue weighted by atomic mass is 35.5. The van der Waals surface area contributed by atoms with Crippen LogP contribution in [0.5, 0.6) is 11.5 Å². The van der Waals surface area contributed by atoms with E-state index in [1.54, 1.807) is 42.5 Å². The van der Waals surface area contributed by atoms with Crippen molar-refractivity contribution in [2.75, 3.05) is 112 Å². The number of phosphoric ester groups is 1. The van der Waals surface area contributed by atoms with Gasteiger partial charge in [-0.1, -0.05) is 52.2 Å². The molecule has 0 spiro atoms. The Hall–Kier alpha value is -3.30. The van der Waals surface area contributed by atoms with Crippen LogP contribution in [0.1, 0.15) is 0 Å². The Balaban J connectivity index is 1.65. The molecule has 57 heavy (non-hydrogen) atoms. The largest absolute Gasteiger partial charge is 0.527 e. The van der Waals surface area contributed by atoms with Gasteiger partial charge in [0.1, 0.15) is 35.9 Å². The van der Waals surface area contributed by atoms with E-state index in [-0.39, 0.29) is 83.3 Å². The minimum Gasteiger partial charge on any atom is -0.462 e. The number of aliphatic hydroxyl groups is 1. The summed E-state index contributed by atoms with van der Waals surface area (Å²) in [6.45, 7) is 2.81. The van der Waals surface area contributed by atoms with E-state index in [0.29, 0.717) is 38.8 Å². The number of hydrogen-bond donors (Lipinski definition) is 2. The SMILES string of the molecule is [N-]=[N+]=NCCOCCOCCOCCO[C@@H]1[C@@H](OCCOCCOCCOCCN=[N+]=[N-])[C@H](Oc2ccccc2)O[C@H](CO)[C@H]1OP(=O)(O)Oc1ccccc1Cl. The summed E-state index contributed by atoms with van der Waals surface area (Å²) >= 11 is 6.17. The van der Waals surface area contributed by atoms with Gasteiger partial charge in [-0.3, -0.25) is 9.42 Å². The van der Waals surface area contributed by atoms with Crippen LogP contribution in [0.3, 0.4) is 0 Å². The zero-order valence-electron chi connectivity index (χ0n) is 31.3. The minimum absolute atomic E-state index is 0.00241. The van der Waals surface area contributed by atoms with Crippen LogP contribution >= 0.6 is 19.4 Å². The van der Waals surface area contributed by atoms with Crippen molar-refractivity contribution in [1.29, 1.82) is 0 Å². The molecule has 1 aliphatic rings. The normalized spacial score (nSPS) is 20.2. The number of aliphatic hydroxyl groups excluding tert-OH is 1. The molecule has 1 fully saturated rings. The molecule has 0 saturated carbocycles. The summed E-state index contributed by atoms with van der Waals surface area (Å²) in [5.74, 6) is 0.313. The van der Waals surface area contributed by atoms with Crippen LogP contribution in [-0.4, -0.2) is 153 Å². The Bertz CT molecular complexity index is 1510. The van der Waals surface area contributed by atoms with Gasteiger partial charge in [-0.2, -0.15) is 0 Å². The lowest BCUT2D eigenvalue weighted by molar-refractivity contribution is -0.294. The molecule has 3 rings (SSSR count). The number of phosphoric acid groups is 1. The van der Waals surface area contributed by atoms with Crippen LogP contribution in [0, 0.1) is 0 Å². The zero-order chi connectivity index (χ0) is 40.8.